The number of carboxylic acid groups (broad SMARTS) is 2. The second-order valence-corrected chi connectivity index (χ2v) is 7.22. The number of nitrogens with one attached hydrogen (secondary N) is 3. The van der Waals surface area contributed by atoms with Gasteiger partial charge in [0.1, 0.15) is 12.1 Å². The van der Waals surface area contributed by atoms with E-state index in [0.29, 0.717) is 19.4 Å². The third kappa shape index (κ3) is 11.3. The largest absolute Gasteiger partial charge is 0.481 e. The van der Waals surface area contributed by atoms with Crippen molar-refractivity contribution in [3.05, 3.63) is 0 Å². The highest BCUT2D eigenvalue weighted by Gasteiger charge is 2.27. The third-order valence-corrected chi connectivity index (χ3v) is 4.30. The predicted molar refractivity (Wildman–Crippen MR) is 107 cm³/mol. The molecule has 3 amide bonds. The van der Waals surface area contributed by atoms with Gasteiger partial charge < -0.3 is 37.6 Å². The normalized spacial score (nSPS) is 13.8. The van der Waals surface area contributed by atoms with Crippen LogP contribution in [-0.4, -0.2) is 71.1 Å². The van der Waals surface area contributed by atoms with Crippen molar-refractivity contribution in [3.63, 3.8) is 0 Å². The van der Waals surface area contributed by atoms with Crippen LogP contribution >= 0.6 is 0 Å². The number of unbranched alkanes of at least 4 members (excludes halogenated alkanes) is 1. The Hall–Kier alpha value is -2.73. The van der Waals surface area contributed by atoms with E-state index in [2.05, 4.69) is 16.0 Å². The van der Waals surface area contributed by atoms with Crippen LogP contribution < -0.4 is 27.4 Å². The maximum absolute atomic E-state index is 12.5. The fourth-order valence-electron chi connectivity index (χ4n) is 2.39. The van der Waals surface area contributed by atoms with Gasteiger partial charge in [-0.1, -0.05) is 13.8 Å². The second-order valence-electron chi connectivity index (χ2n) is 7.22. The molecule has 3 atom stereocenters. The lowest BCUT2D eigenvalue weighted by molar-refractivity contribution is -0.143. The van der Waals surface area contributed by atoms with Crippen molar-refractivity contribution < 1.29 is 34.2 Å². The van der Waals surface area contributed by atoms with Crippen LogP contribution in [0.25, 0.3) is 0 Å². The van der Waals surface area contributed by atoms with Crippen molar-refractivity contribution in [3.8, 4) is 0 Å². The SMILES string of the molecule is CC(C)C(N)C(=O)NCC(=O)NC(CCC(=O)O)C(=O)NC(CCCCN)C(=O)O. The van der Waals surface area contributed by atoms with Crippen LogP contribution in [-0.2, 0) is 24.0 Å². The first-order valence-electron chi connectivity index (χ1n) is 9.77. The Labute approximate surface area is 175 Å². The van der Waals surface area contributed by atoms with Crippen LogP contribution in [0.4, 0.5) is 0 Å². The minimum atomic E-state index is -1.28. The van der Waals surface area contributed by atoms with Crippen molar-refractivity contribution in [1.82, 2.24) is 16.0 Å². The predicted octanol–water partition coefficient (Wildman–Crippen LogP) is -1.87. The number of nitrogens with two attached hydrogens (primary N) is 2. The number of rotatable bonds is 15. The van der Waals surface area contributed by atoms with Gasteiger partial charge in [0, 0.05) is 6.42 Å². The summed E-state index contributed by atoms with van der Waals surface area (Å²) in [5.41, 5.74) is 11.0. The van der Waals surface area contributed by atoms with Crippen molar-refractivity contribution in [2.45, 2.75) is 64.1 Å². The van der Waals surface area contributed by atoms with Gasteiger partial charge in [-0.3, -0.25) is 19.2 Å². The molecule has 3 unspecified atom stereocenters. The third-order valence-electron chi connectivity index (χ3n) is 4.30. The molecule has 0 spiro atoms. The standard InChI is InChI=1S/C18H33N5O7/c1-10(2)15(20)17(28)21-9-13(24)22-11(6-7-14(25)26)16(27)23-12(18(29)30)5-3-4-8-19/h10-12,15H,3-9,19-20H2,1-2H3,(H,21,28)(H,22,24)(H,23,27)(H,25,26)(H,29,30). The average Bonchev–Trinajstić information content (AvgIpc) is 2.67. The number of hydrogen-bond acceptors (Lipinski definition) is 7. The van der Waals surface area contributed by atoms with E-state index in [4.69, 9.17) is 16.6 Å². The molecule has 0 heterocycles. The molecule has 0 aromatic carbocycles. The van der Waals surface area contributed by atoms with Crippen LogP contribution in [0.2, 0.25) is 0 Å². The summed E-state index contributed by atoms with van der Waals surface area (Å²) in [7, 11) is 0. The summed E-state index contributed by atoms with van der Waals surface area (Å²) in [6, 6.07) is -3.29. The summed E-state index contributed by atoms with van der Waals surface area (Å²) in [5, 5.41) is 25.1. The van der Waals surface area contributed by atoms with Gasteiger partial charge in [-0.25, -0.2) is 4.79 Å². The van der Waals surface area contributed by atoms with Gasteiger partial charge in [0.15, 0.2) is 0 Å². The van der Waals surface area contributed by atoms with Crippen molar-refractivity contribution in [2.24, 2.45) is 17.4 Å². The van der Waals surface area contributed by atoms with Gasteiger partial charge in [-0.2, -0.15) is 0 Å². The summed E-state index contributed by atoms with van der Waals surface area (Å²) in [5.74, 6) is -4.68. The van der Waals surface area contributed by atoms with E-state index in [1.807, 2.05) is 0 Å². The first-order valence-corrected chi connectivity index (χ1v) is 9.77. The molecule has 12 nitrogen and oxygen atoms in total. The summed E-state index contributed by atoms with van der Waals surface area (Å²) in [6.45, 7) is 3.39. The summed E-state index contributed by atoms with van der Waals surface area (Å²) in [4.78, 5) is 58.6. The van der Waals surface area contributed by atoms with Gasteiger partial charge in [0.2, 0.25) is 17.7 Å². The second kappa shape index (κ2) is 14.3. The Balaban J connectivity index is 4.96. The molecule has 12 heteroatoms. The molecule has 0 fully saturated rings. The number of carboxylic acids is 2. The fourth-order valence-corrected chi connectivity index (χ4v) is 2.39. The number of aliphatic carboxylic acids is 2. The molecule has 0 saturated heterocycles. The smallest absolute Gasteiger partial charge is 0.326 e. The van der Waals surface area contributed by atoms with E-state index in [1.54, 1.807) is 13.8 Å². The summed E-state index contributed by atoms with van der Waals surface area (Å²) < 4.78 is 0. The Morgan fingerprint density at radius 3 is 2.03 bits per heavy atom. The van der Waals surface area contributed by atoms with Crippen LogP contribution in [0.15, 0.2) is 0 Å². The summed E-state index contributed by atoms with van der Waals surface area (Å²) in [6.07, 6.45) is 0.523. The minimum absolute atomic E-state index is 0.140. The summed E-state index contributed by atoms with van der Waals surface area (Å²) >= 11 is 0. The van der Waals surface area contributed by atoms with Gasteiger partial charge in [-0.05, 0) is 38.1 Å². The van der Waals surface area contributed by atoms with Gasteiger partial charge in [0.25, 0.3) is 0 Å². The number of carbonyl (C=O) groups is 5. The lowest BCUT2D eigenvalue weighted by atomic mass is 10.1. The lowest BCUT2D eigenvalue weighted by Crippen LogP contribution is -2.54. The molecule has 9 N–H and O–H groups in total. The van der Waals surface area contributed by atoms with E-state index in [-0.39, 0.29) is 18.8 Å². The Bertz CT molecular complexity index is 612. The van der Waals surface area contributed by atoms with E-state index in [0.717, 1.165) is 0 Å². The molecule has 0 aliphatic carbocycles. The zero-order valence-corrected chi connectivity index (χ0v) is 17.3. The molecule has 0 radical (unpaired) electrons. The number of amides is 3. The van der Waals surface area contributed by atoms with E-state index >= 15 is 0 Å². The molecule has 0 aromatic heterocycles. The average molecular weight is 431 g/mol. The molecular weight excluding hydrogens is 398 g/mol. The van der Waals surface area contributed by atoms with Gasteiger partial charge in [0.05, 0.1) is 12.6 Å². The van der Waals surface area contributed by atoms with Crippen LogP contribution in [0, 0.1) is 5.92 Å². The molecule has 0 aromatic rings. The number of hydrogen-bond donors (Lipinski definition) is 7. The highest BCUT2D eigenvalue weighted by Crippen LogP contribution is 2.04. The van der Waals surface area contributed by atoms with E-state index < -0.39 is 60.8 Å². The van der Waals surface area contributed by atoms with Crippen LogP contribution in [0.1, 0.15) is 46.0 Å². The molecule has 172 valence electrons. The zero-order valence-electron chi connectivity index (χ0n) is 17.3. The van der Waals surface area contributed by atoms with Crippen LogP contribution in [0.5, 0.6) is 0 Å². The van der Waals surface area contributed by atoms with Crippen molar-refractivity contribution in [2.75, 3.05) is 13.1 Å². The molecule has 0 bridgehead atoms. The van der Waals surface area contributed by atoms with Gasteiger partial charge >= 0.3 is 11.9 Å². The van der Waals surface area contributed by atoms with Crippen molar-refractivity contribution in [1.29, 1.82) is 0 Å². The van der Waals surface area contributed by atoms with Crippen molar-refractivity contribution >= 4 is 29.7 Å². The Morgan fingerprint density at radius 1 is 0.900 bits per heavy atom. The maximum Gasteiger partial charge on any atom is 0.326 e. The lowest BCUT2D eigenvalue weighted by Gasteiger charge is -2.21. The molecule has 0 aliphatic heterocycles. The molecule has 0 saturated carbocycles. The molecule has 30 heavy (non-hydrogen) atoms. The van der Waals surface area contributed by atoms with Gasteiger partial charge in [-0.15, -0.1) is 0 Å². The minimum Gasteiger partial charge on any atom is -0.481 e. The topological polar surface area (TPSA) is 214 Å². The highest BCUT2D eigenvalue weighted by molar-refractivity contribution is 5.92. The van der Waals surface area contributed by atoms with Crippen LogP contribution in [0.3, 0.4) is 0 Å². The fraction of sp³-hybridized carbons (Fsp3) is 0.722. The molecule has 0 aliphatic rings. The zero-order chi connectivity index (χ0) is 23.3. The number of carbonyl (C=O) groups excluding carboxylic acids is 3. The molecule has 0 rings (SSSR count). The first-order chi connectivity index (χ1) is 14.0. The highest BCUT2D eigenvalue weighted by atomic mass is 16.4. The molecular formula is C18H33N5O7. The first kappa shape index (κ1) is 27.3. The maximum atomic E-state index is 12.5. The Kier molecular flexibility index (Phi) is 13.0. The van der Waals surface area contributed by atoms with E-state index in [1.165, 1.54) is 0 Å². The Morgan fingerprint density at radius 2 is 1.53 bits per heavy atom. The quantitative estimate of drug-likeness (QED) is 0.144. The monoisotopic (exact) mass is 431 g/mol. The van der Waals surface area contributed by atoms with E-state index in [9.17, 15) is 29.1 Å².